The van der Waals surface area contributed by atoms with Gasteiger partial charge in [-0.1, -0.05) is 26.0 Å². The van der Waals surface area contributed by atoms with Crippen LogP contribution in [0, 0.1) is 0 Å². The molecule has 1 unspecified atom stereocenters. The average molecular weight is 339 g/mol. The molecule has 0 saturated heterocycles. The first-order chi connectivity index (χ1) is 12.1. The van der Waals surface area contributed by atoms with Crippen molar-refractivity contribution in [3.8, 4) is 11.5 Å². The lowest BCUT2D eigenvalue weighted by Crippen LogP contribution is -2.31. The molecule has 0 bridgehead atoms. The Morgan fingerprint density at radius 2 is 1.60 bits per heavy atom. The smallest absolute Gasteiger partial charge is 0.119 e. The molecule has 1 N–H and O–H groups in total. The van der Waals surface area contributed by atoms with E-state index in [0.29, 0.717) is 19.1 Å². The average Bonchev–Trinajstić information content (AvgIpc) is 2.61. The van der Waals surface area contributed by atoms with E-state index in [1.807, 2.05) is 13.8 Å². The van der Waals surface area contributed by atoms with Crippen molar-refractivity contribution in [3.05, 3.63) is 58.7 Å². The number of fused-ring (bicyclic) bond motifs is 1. The van der Waals surface area contributed by atoms with Crippen molar-refractivity contribution in [2.24, 2.45) is 0 Å². The van der Waals surface area contributed by atoms with Gasteiger partial charge in [0.05, 0.1) is 19.3 Å². The largest absolute Gasteiger partial charge is 0.494 e. The minimum atomic E-state index is 0.229. The van der Waals surface area contributed by atoms with E-state index in [4.69, 9.17) is 9.47 Å². The second-order valence-corrected chi connectivity index (χ2v) is 6.81. The van der Waals surface area contributed by atoms with Crippen LogP contribution in [0.15, 0.2) is 36.4 Å². The monoisotopic (exact) mass is 339 g/mol. The van der Waals surface area contributed by atoms with Crippen LogP contribution < -0.4 is 14.8 Å². The molecule has 3 rings (SSSR count). The van der Waals surface area contributed by atoms with Crippen LogP contribution in [-0.4, -0.2) is 19.8 Å². The fraction of sp³-hybridized carbons (Fsp3) is 0.455. The van der Waals surface area contributed by atoms with Crippen molar-refractivity contribution in [3.63, 3.8) is 0 Å². The molecule has 0 spiro atoms. The number of hydrogen-bond donors (Lipinski definition) is 1. The van der Waals surface area contributed by atoms with Crippen LogP contribution in [0.4, 0.5) is 0 Å². The highest BCUT2D eigenvalue weighted by molar-refractivity contribution is 5.48. The maximum atomic E-state index is 5.71. The lowest BCUT2D eigenvalue weighted by Gasteiger charge is -2.30. The van der Waals surface area contributed by atoms with E-state index in [0.717, 1.165) is 24.5 Å². The van der Waals surface area contributed by atoms with Gasteiger partial charge in [-0.2, -0.15) is 0 Å². The molecule has 1 aliphatic rings. The van der Waals surface area contributed by atoms with E-state index in [2.05, 4.69) is 55.6 Å². The third kappa shape index (κ3) is 3.82. The quantitative estimate of drug-likeness (QED) is 0.816. The summed E-state index contributed by atoms with van der Waals surface area (Å²) in [6.45, 7) is 10.9. The van der Waals surface area contributed by atoms with E-state index >= 15 is 0 Å². The lowest BCUT2D eigenvalue weighted by molar-refractivity contribution is 0.339. The number of hydrogen-bond acceptors (Lipinski definition) is 3. The summed E-state index contributed by atoms with van der Waals surface area (Å²) in [6.07, 6.45) is 1.04. The molecule has 3 nitrogen and oxygen atoms in total. The summed E-state index contributed by atoms with van der Waals surface area (Å²) in [4.78, 5) is 0. The first-order valence-corrected chi connectivity index (χ1v) is 9.39. The van der Waals surface area contributed by atoms with Crippen molar-refractivity contribution >= 4 is 0 Å². The molecule has 0 aromatic heterocycles. The third-order valence-corrected chi connectivity index (χ3v) is 4.78. The predicted molar refractivity (Wildman–Crippen MR) is 103 cm³/mol. The van der Waals surface area contributed by atoms with Crippen molar-refractivity contribution in [1.82, 2.24) is 5.32 Å². The molecular weight excluding hydrogens is 310 g/mol. The second-order valence-electron chi connectivity index (χ2n) is 6.81. The third-order valence-electron chi connectivity index (χ3n) is 4.78. The Bertz CT molecular complexity index is 724. The van der Waals surface area contributed by atoms with E-state index in [1.54, 1.807) is 0 Å². The molecule has 1 heterocycles. The Balaban J connectivity index is 2.00. The summed E-state index contributed by atoms with van der Waals surface area (Å²) in [5.41, 5.74) is 5.45. The first kappa shape index (κ1) is 17.8. The van der Waals surface area contributed by atoms with E-state index in [9.17, 15) is 0 Å². The number of nitrogens with one attached hydrogen (secondary N) is 1. The van der Waals surface area contributed by atoms with Gasteiger partial charge >= 0.3 is 0 Å². The molecule has 2 aromatic rings. The Kier molecular flexibility index (Phi) is 5.64. The van der Waals surface area contributed by atoms with E-state index in [1.165, 1.54) is 22.3 Å². The van der Waals surface area contributed by atoms with Gasteiger partial charge in [0.1, 0.15) is 11.5 Å². The molecule has 0 amide bonds. The SMILES string of the molecule is CCOc1ccc2c(c1)CCNC2c1ccc(OCC)cc1C(C)C. The van der Waals surface area contributed by atoms with Crippen LogP contribution in [0.2, 0.25) is 0 Å². The zero-order chi connectivity index (χ0) is 17.8. The molecule has 25 heavy (non-hydrogen) atoms. The van der Waals surface area contributed by atoms with Crippen LogP contribution >= 0.6 is 0 Å². The zero-order valence-corrected chi connectivity index (χ0v) is 15.8. The van der Waals surface area contributed by atoms with Crippen molar-refractivity contribution in [2.75, 3.05) is 19.8 Å². The zero-order valence-electron chi connectivity index (χ0n) is 15.8. The van der Waals surface area contributed by atoms with Gasteiger partial charge < -0.3 is 14.8 Å². The summed E-state index contributed by atoms with van der Waals surface area (Å²) in [6, 6.07) is 13.3. The van der Waals surface area contributed by atoms with Gasteiger partial charge in [0, 0.05) is 6.54 Å². The fourth-order valence-corrected chi connectivity index (χ4v) is 3.65. The fourth-order valence-electron chi connectivity index (χ4n) is 3.65. The van der Waals surface area contributed by atoms with Crippen molar-refractivity contribution < 1.29 is 9.47 Å². The van der Waals surface area contributed by atoms with Gasteiger partial charge in [0.2, 0.25) is 0 Å². The van der Waals surface area contributed by atoms with Gasteiger partial charge in [-0.05, 0) is 72.7 Å². The number of ether oxygens (including phenoxy) is 2. The molecule has 3 heteroatoms. The Morgan fingerprint density at radius 1 is 0.960 bits per heavy atom. The lowest BCUT2D eigenvalue weighted by atomic mass is 9.85. The molecule has 0 fully saturated rings. The van der Waals surface area contributed by atoms with Gasteiger partial charge in [0.25, 0.3) is 0 Å². The van der Waals surface area contributed by atoms with Crippen LogP contribution in [-0.2, 0) is 6.42 Å². The normalized spacial score (nSPS) is 16.6. The molecule has 1 aliphatic heterocycles. The molecule has 1 atom stereocenters. The summed E-state index contributed by atoms with van der Waals surface area (Å²) in [5.74, 6) is 2.38. The topological polar surface area (TPSA) is 30.5 Å². The highest BCUT2D eigenvalue weighted by atomic mass is 16.5. The summed E-state index contributed by atoms with van der Waals surface area (Å²) < 4.78 is 11.4. The Labute approximate surface area is 151 Å². The van der Waals surface area contributed by atoms with Gasteiger partial charge in [-0.3, -0.25) is 0 Å². The predicted octanol–water partition coefficient (Wildman–Crippen LogP) is 4.84. The maximum absolute atomic E-state index is 5.71. The molecule has 0 aliphatic carbocycles. The van der Waals surface area contributed by atoms with Gasteiger partial charge in [0.15, 0.2) is 0 Å². The van der Waals surface area contributed by atoms with Crippen molar-refractivity contribution in [1.29, 1.82) is 0 Å². The number of rotatable bonds is 6. The van der Waals surface area contributed by atoms with Crippen LogP contribution in [0.3, 0.4) is 0 Å². The van der Waals surface area contributed by atoms with Crippen LogP contribution in [0.25, 0.3) is 0 Å². The molecule has 0 radical (unpaired) electrons. The van der Waals surface area contributed by atoms with Crippen LogP contribution in [0.1, 0.15) is 61.9 Å². The highest BCUT2D eigenvalue weighted by Crippen LogP contribution is 2.36. The Morgan fingerprint density at radius 3 is 2.24 bits per heavy atom. The highest BCUT2D eigenvalue weighted by Gasteiger charge is 2.24. The molecule has 134 valence electrons. The summed E-state index contributed by atoms with van der Waals surface area (Å²) >= 11 is 0. The van der Waals surface area contributed by atoms with E-state index < -0.39 is 0 Å². The van der Waals surface area contributed by atoms with Gasteiger partial charge in [-0.25, -0.2) is 0 Å². The molecule has 2 aromatic carbocycles. The summed E-state index contributed by atoms with van der Waals surface area (Å²) in [5, 5.41) is 3.71. The molecular formula is C22H29NO2. The Hall–Kier alpha value is -2.00. The van der Waals surface area contributed by atoms with E-state index in [-0.39, 0.29) is 6.04 Å². The first-order valence-electron chi connectivity index (χ1n) is 9.39. The van der Waals surface area contributed by atoms with Crippen molar-refractivity contribution in [2.45, 2.75) is 46.1 Å². The molecule has 0 saturated carbocycles. The second kappa shape index (κ2) is 7.92. The number of benzene rings is 2. The maximum Gasteiger partial charge on any atom is 0.119 e. The summed E-state index contributed by atoms with van der Waals surface area (Å²) in [7, 11) is 0. The minimum absolute atomic E-state index is 0.229. The van der Waals surface area contributed by atoms with Crippen LogP contribution in [0.5, 0.6) is 11.5 Å². The minimum Gasteiger partial charge on any atom is -0.494 e. The van der Waals surface area contributed by atoms with Gasteiger partial charge in [-0.15, -0.1) is 0 Å². The standard InChI is InChI=1S/C22H29NO2/c1-5-24-17-7-9-19-16(13-17)11-12-23-22(19)20-10-8-18(25-6-2)14-21(20)15(3)4/h7-10,13-15,22-23H,5-6,11-12H2,1-4H3.